The summed E-state index contributed by atoms with van der Waals surface area (Å²) >= 11 is 0. The van der Waals surface area contributed by atoms with Gasteiger partial charge >= 0.3 is 5.69 Å². The van der Waals surface area contributed by atoms with E-state index in [2.05, 4.69) is 25.8 Å². The molecule has 2 saturated heterocycles. The van der Waals surface area contributed by atoms with Gasteiger partial charge in [0.05, 0.1) is 5.60 Å². The van der Waals surface area contributed by atoms with Gasteiger partial charge in [-0.05, 0) is 38.9 Å². The number of ether oxygens (including phenoxy) is 2. The lowest BCUT2D eigenvalue weighted by atomic mass is 9.86. The Kier molecular flexibility index (Phi) is 4.49. The molecule has 2 aliphatic heterocycles. The van der Waals surface area contributed by atoms with Crippen LogP contribution in [0.5, 0.6) is 0 Å². The molecule has 2 aliphatic rings. The van der Waals surface area contributed by atoms with E-state index in [1.807, 2.05) is 13.8 Å². The van der Waals surface area contributed by atoms with Gasteiger partial charge in [0.15, 0.2) is 14.5 Å². The zero-order valence-electron chi connectivity index (χ0n) is 17.2. The minimum absolute atomic E-state index is 0.0304. The summed E-state index contributed by atoms with van der Waals surface area (Å²) in [6.07, 6.45) is -0.234. The van der Waals surface area contributed by atoms with Crippen molar-refractivity contribution in [3.63, 3.8) is 0 Å². The topological polar surface area (TPSA) is 82.6 Å². The molecule has 3 rings (SSSR count). The highest BCUT2D eigenvalue weighted by atomic mass is 28.4. The van der Waals surface area contributed by atoms with Crippen LogP contribution in [0.1, 0.15) is 49.1 Å². The zero-order chi connectivity index (χ0) is 20.0. The number of hydrogen-bond donors (Lipinski definition) is 1. The first kappa shape index (κ1) is 18.2. The van der Waals surface area contributed by atoms with Crippen LogP contribution in [0.25, 0.3) is 0 Å². The lowest BCUT2D eigenvalue weighted by Gasteiger charge is -2.42. The highest BCUT2D eigenvalue weighted by Crippen LogP contribution is 2.55. The molecule has 146 valence electrons. The molecule has 0 unspecified atom stereocenters. The highest BCUT2D eigenvalue weighted by Gasteiger charge is 2.70. The van der Waals surface area contributed by atoms with E-state index in [4.69, 9.17) is 15.3 Å². The first-order valence-electron chi connectivity index (χ1n) is 10.0. The van der Waals surface area contributed by atoms with Crippen molar-refractivity contribution in [1.29, 1.82) is 0 Å². The molecular weight excluding hydrogens is 352 g/mol. The number of rotatable bonds is 6. The fourth-order valence-electron chi connectivity index (χ4n) is 4.08. The summed E-state index contributed by atoms with van der Waals surface area (Å²) in [5.74, 6) is 0. The van der Waals surface area contributed by atoms with E-state index < -0.39 is 49.2 Å². The van der Waals surface area contributed by atoms with Crippen molar-refractivity contribution in [2.45, 2.75) is 89.3 Å². The van der Waals surface area contributed by atoms with E-state index in [1.165, 1.54) is 16.8 Å². The lowest BCUT2D eigenvalue weighted by molar-refractivity contribution is -0.242. The molecule has 1 N–H and O–H groups in total. The monoisotopic (exact) mass is 383 g/mol. The second-order valence-corrected chi connectivity index (χ2v) is 12.5. The minimum atomic E-state index is -1.99. The van der Waals surface area contributed by atoms with Gasteiger partial charge in [-0.3, -0.25) is 14.3 Å². The van der Waals surface area contributed by atoms with E-state index in [9.17, 15) is 9.59 Å². The van der Waals surface area contributed by atoms with Crippen LogP contribution in [0.15, 0.2) is 21.9 Å². The average Bonchev–Trinajstić information content (AvgIpc) is 3.04. The molecule has 0 amide bonds. The second-order valence-electron chi connectivity index (χ2n) is 7.79. The van der Waals surface area contributed by atoms with E-state index in [0.29, 0.717) is 0 Å². The van der Waals surface area contributed by atoms with Crippen molar-refractivity contribution < 1.29 is 15.3 Å². The van der Waals surface area contributed by atoms with Gasteiger partial charge in [0.25, 0.3) is 5.56 Å². The van der Waals surface area contributed by atoms with Crippen LogP contribution in [0.4, 0.5) is 0 Å². The summed E-state index contributed by atoms with van der Waals surface area (Å²) in [4.78, 5) is 26.0. The van der Waals surface area contributed by atoms with Gasteiger partial charge in [-0.2, -0.15) is 0 Å². The van der Waals surface area contributed by atoms with Crippen LogP contribution in [0, 0.1) is 0 Å². The average molecular weight is 384 g/mol. The first-order chi connectivity index (χ1) is 12.7. The molecule has 4 atom stereocenters. The first-order valence-corrected chi connectivity index (χ1v) is 11.9. The van der Waals surface area contributed by atoms with E-state index in [0.717, 1.165) is 18.1 Å². The zero-order valence-corrected chi connectivity index (χ0v) is 17.2. The van der Waals surface area contributed by atoms with Gasteiger partial charge < -0.3 is 13.9 Å². The van der Waals surface area contributed by atoms with Crippen LogP contribution in [0.3, 0.4) is 0 Å². The predicted molar refractivity (Wildman–Crippen MR) is 101 cm³/mol. The van der Waals surface area contributed by atoms with Gasteiger partial charge in [0.2, 0.25) is 0 Å². The Morgan fingerprint density at radius 1 is 1.27 bits per heavy atom. The van der Waals surface area contributed by atoms with Gasteiger partial charge in [0, 0.05) is 13.6 Å². The maximum atomic E-state index is 12.3. The predicted octanol–water partition coefficient (Wildman–Crippen LogP) is 2.39. The van der Waals surface area contributed by atoms with Gasteiger partial charge in [-0.15, -0.1) is 0 Å². The number of nitrogens with one attached hydrogen (secondary N) is 1. The third kappa shape index (κ3) is 2.74. The van der Waals surface area contributed by atoms with Crippen molar-refractivity contribution >= 4 is 8.32 Å². The Bertz CT molecular complexity index is 797. The smallest absolute Gasteiger partial charge is 0.330 e. The fraction of sp³-hybridized carbons (Fsp3) is 0.778. The lowest BCUT2D eigenvalue weighted by Crippen LogP contribution is -2.54. The van der Waals surface area contributed by atoms with Gasteiger partial charge in [-0.25, -0.2) is 4.79 Å². The molecule has 8 heteroatoms. The number of aromatic nitrogens is 2. The Hall–Kier alpha value is -1.22. The molecule has 0 saturated carbocycles. The number of nitrogens with zero attached hydrogens (tertiary/aromatic N) is 1. The Morgan fingerprint density at radius 2 is 1.92 bits per heavy atom. The summed E-state index contributed by atoms with van der Waals surface area (Å²) < 4.78 is 29.0. The van der Waals surface area contributed by atoms with Crippen LogP contribution < -0.4 is 11.2 Å². The molecule has 0 radical (unpaired) electrons. The molecule has 7 nitrogen and oxygen atoms in total. The molecular formula is C18H30N2O5Si. The summed E-state index contributed by atoms with van der Waals surface area (Å²) in [5, 5.41) is 0. The normalized spacial score (nSPS) is 33.4. The van der Waals surface area contributed by atoms with Crippen LogP contribution in [-0.4, -0.2) is 41.3 Å². The maximum absolute atomic E-state index is 12.3. The molecule has 26 heavy (non-hydrogen) atoms. The fourth-order valence-corrected chi connectivity index (χ4v) is 6.95. The van der Waals surface area contributed by atoms with Crippen molar-refractivity contribution in [1.82, 2.24) is 9.55 Å². The largest absolute Gasteiger partial charge is 0.408 e. The molecule has 1 aromatic rings. The molecule has 0 spiro atoms. The van der Waals surface area contributed by atoms with Gasteiger partial charge in [-0.1, -0.05) is 20.8 Å². The third-order valence-electron chi connectivity index (χ3n) is 6.26. The molecule has 1 aromatic heterocycles. The van der Waals surface area contributed by atoms with E-state index in [1.54, 1.807) is 0 Å². The Morgan fingerprint density at radius 3 is 2.46 bits per heavy atom. The quantitative estimate of drug-likeness (QED) is 0.763. The number of fused-ring (bicyclic) bond motifs is 2. The molecule has 2 fully saturated rings. The van der Waals surface area contributed by atoms with Crippen LogP contribution >= 0.6 is 0 Å². The summed E-state index contributed by atoms with van der Waals surface area (Å²) in [6, 6.07) is 4.21. The Balaban J connectivity index is 2.05. The van der Waals surface area contributed by atoms with Crippen molar-refractivity contribution in [3.05, 3.63) is 33.1 Å². The molecule has 2 bridgehead atoms. The maximum Gasteiger partial charge on any atom is 0.330 e. The standard InChI is InChI=1S/C18H30N2O5Si/c1-7-26(8-2,9-3)25-14-13-15(20-11-10-12(21)19-16(20)22)24-18(14,6)17(4,5)23-13/h10-11,13-15H,7-9H2,1-6H3,(H,19,21,22)/t13-,14+,15-,18-/m1/s1/i6D. The van der Waals surface area contributed by atoms with Crippen LogP contribution in [-0.2, 0) is 13.9 Å². The summed E-state index contributed by atoms with van der Waals surface area (Å²) in [7, 11) is -1.99. The number of hydrogen-bond acceptors (Lipinski definition) is 5. The van der Waals surface area contributed by atoms with Gasteiger partial charge in [0.1, 0.15) is 17.8 Å². The second kappa shape index (κ2) is 6.44. The van der Waals surface area contributed by atoms with Crippen molar-refractivity contribution in [2.75, 3.05) is 0 Å². The Labute approximate surface area is 156 Å². The number of H-pyrrole nitrogens is 1. The summed E-state index contributed by atoms with van der Waals surface area (Å²) in [5.41, 5.74) is -2.68. The molecule has 3 heterocycles. The number of aromatic amines is 1. The van der Waals surface area contributed by atoms with Crippen molar-refractivity contribution in [2.24, 2.45) is 0 Å². The summed E-state index contributed by atoms with van der Waals surface area (Å²) in [6.45, 7) is 10.3. The third-order valence-corrected chi connectivity index (χ3v) is 10.9. The molecule has 0 aliphatic carbocycles. The van der Waals surface area contributed by atoms with Crippen molar-refractivity contribution in [3.8, 4) is 0 Å². The van der Waals surface area contributed by atoms with E-state index in [-0.39, 0.29) is 6.90 Å². The van der Waals surface area contributed by atoms with Crippen LogP contribution in [0.2, 0.25) is 18.1 Å². The van der Waals surface area contributed by atoms with E-state index >= 15 is 0 Å². The molecule has 0 aromatic carbocycles. The highest BCUT2D eigenvalue weighted by molar-refractivity contribution is 6.73. The SMILES string of the molecule is [2H]C[C@]12O[C@@H](n3ccc(=O)[nH]c3=O)[C@H](OC1(C)C)[C@@H]2O[Si](CC)(CC)CC. The minimum Gasteiger partial charge on any atom is -0.408 e.